The molecule has 1 N–H and O–H groups in total. The normalized spacial score (nSPS) is 15.2. The van der Waals surface area contributed by atoms with E-state index >= 15 is 0 Å². The molecule has 1 atom stereocenters. The Morgan fingerprint density at radius 2 is 2.23 bits per heavy atom. The van der Waals surface area contributed by atoms with Gasteiger partial charge in [-0.15, -0.1) is 15.3 Å². The summed E-state index contributed by atoms with van der Waals surface area (Å²) in [5.74, 6) is 2.04. The van der Waals surface area contributed by atoms with Crippen molar-refractivity contribution in [2.75, 3.05) is 12.4 Å². The number of carbonyl (C=O) groups excluding carboxylic acids is 1. The molecule has 0 bridgehead atoms. The highest BCUT2D eigenvalue weighted by molar-refractivity contribution is 6.05. The highest BCUT2D eigenvalue weighted by atomic mass is 16.6. The first kappa shape index (κ1) is 18.0. The minimum Gasteiger partial charge on any atom is -0.479 e. The second-order valence-corrected chi connectivity index (χ2v) is 6.82. The molecule has 0 saturated carbocycles. The van der Waals surface area contributed by atoms with E-state index in [1.807, 2.05) is 6.07 Å². The zero-order valence-corrected chi connectivity index (χ0v) is 16.2. The van der Waals surface area contributed by atoms with E-state index in [1.165, 1.54) is 24.2 Å². The van der Waals surface area contributed by atoms with Crippen LogP contribution < -0.4 is 10.1 Å². The number of rotatable bonds is 5. The predicted molar refractivity (Wildman–Crippen MR) is 102 cm³/mol. The fraction of sp³-hybridized carbons (Fsp3) is 0.278. The van der Waals surface area contributed by atoms with Gasteiger partial charge in [0, 0.05) is 18.7 Å². The number of fused-ring (bicyclic) bond motifs is 1. The number of amides is 1. The highest BCUT2D eigenvalue weighted by Gasteiger charge is 2.25. The molecule has 0 fully saturated rings. The Morgan fingerprint density at radius 3 is 3.03 bits per heavy atom. The van der Waals surface area contributed by atoms with Crippen molar-refractivity contribution in [2.45, 2.75) is 25.8 Å². The molecule has 12 nitrogen and oxygen atoms in total. The van der Waals surface area contributed by atoms with Gasteiger partial charge in [0.25, 0.3) is 5.91 Å². The largest absolute Gasteiger partial charge is 0.479 e. The standard InChI is InChI=1S/C18H17N9O3/c1-10-6-7-14-22-23-16(27(10)14)12-4-3-5-13(20-12)21-17(28)11-9-26(24-18(11)29-2)15-8-19-30-25-15/h3-5,8-10H,6-7H2,1-2H3,(H,20,21,28)/t10-/m0/s1. The minimum atomic E-state index is -0.431. The summed E-state index contributed by atoms with van der Waals surface area (Å²) in [5, 5.41) is 22.7. The van der Waals surface area contributed by atoms with Crippen LogP contribution in [0.4, 0.5) is 5.82 Å². The summed E-state index contributed by atoms with van der Waals surface area (Å²) in [4.78, 5) is 17.4. The molecule has 0 aliphatic carbocycles. The number of hydrogen-bond acceptors (Lipinski definition) is 9. The van der Waals surface area contributed by atoms with Crippen LogP contribution in [0.1, 0.15) is 35.6 Å². The summed E-state index contributed by atoms with van der Waals surface area (Å²) in [6, 6.07) is 5.66. The van der Waals surface area contributed by atoms with Gasteiger partial charge in [-0.3, -0.25) is 4.79 Å². The minimum absolute atomic E-state index is 0.135. The third kappa shape index (κ3) is 2.98. The summed E-state index contributed by atoms with van der Waals surface area (Å²) < 4.78 is 13.2. The number of nitrogens with zero attached hydrogens (tertiary/aromatic N) is 8. The van der Waals surface area contributed by atoms with Crippen molar-refractivity contribution in [3.05, 3.63) is 42.0 Å². The summed E-state index contributed by atoms with van der Waals surface area (Å²) in [6.45, 7) is 2.13. The molecule has 1 amide bonds. The zero-order chi connectivity index (χ0) is 20.7. The predicted octanol–water partition coefficient (Wildman–Crippen LogP) is 1.68. The molecule has 0 aromatic carbocycles. The average molecular weight is 407 g/mol. The number of ether oxygens (including phenoxy) is 1. The maximum atomic E-state index is 12.8. The molecule has 1 aliphatic rings. The maximum absolute atomic E-state index is 12.8. The van der Waals surface area contributed by atoms with Crippen LogP contribution in [0.25, 0.3) is 17.3 Å². The van der Waals surface area contributed by atoms with Gasteiger partial charge in [0.05, 0.1) is 7.11 Å². The molecular formula is C18H17N9O3. The Labute approximate surface area is 169 Å². The highest BCUT2D eigenvalue weighted by Crippen LogP contribution is 2.30. The van der Waals surface area contributed by atoms with Crippen molar-refractivity contribution in [2.24, 2.45) is 0 Å². The van der Waals surface area contributed by atoms with Gasteiger partial charge in [-0.25, -0.2) is 14.3 Å². The SMILES string of the molecule is COc1nn(-c2cnon2)cc1C(=O)Nc1cccc(-c2nnc3n2[C@@H](C)CC3)n1. The van der Waals surface area contributed by atoms with E-state index in [2.05, 4.69) is 52.0 Å². The van der Waals surface area contributed by atoms with Gasteiger partial charge in [0.2, 0.25) is 11.7 Å². The maximum Gasteiger partial charge on any atom is 0.263 e. The second-order valence-electron chi connectivity index (χ2n) is 6.82. The molecule has 0 radical (unpaired) electrons. The van der Waals surface area contributed by atoms with Gasteiger partial charge in [0.15, 0.2) is 5.82 Å². The fourth-order valence-corrected chi connectivity index (χ4v) is 3.45. The smallest absolute Gasteiger partial charge is 0.263 e. The second kappa shape index (κ2) is 7.06. The van der Waals surface area contributed by atoms with Crippen LogP contribution in [0.3, 0.4) is 0 Å². The number of pyridine rings is 1. The first-order chi connectivity index (χ1) is 14.6. The summed E-state index contributed by atoms with van der Waals surface area (Å²) >= 11 is 0. The number of methoxy groups -OCH3 is 1. The van der Waals surface area contributed by atoms with Crippen LogP contribution in [0.15, 0.2) is 35.2 Å². The van der Waals surface area contributed by atoms with Crippen LogP contribution in [-0.2, 0) is 6.42 Å². The van der Waals surface area contributed by atoms with Crippen molar-refractivity contribution in [3.63, 3.8) is 0 Å². The van der Waals surface area contributed by atoms with Crippen LogP contribution in [-0.4, -0.2) is 52.9 Å². The number of carbonyl (C=O) groups is 1. The summed E-state index contributed by atoms with van der Waals surface area (Å²) in [7, 11) is 1.43. The van der Waals surface area contributed by atoms with E-state index in [0.717, 1.165) is 18.7 Å². The van der Waals surface area contributed by atoms with Gasteiger partial charge >= 0.3 is 0 Å². The molecule has 1 aliphatic heterocycles. The number of aryl methyl sites for hydroxylation is 1. The molecule has 30 heavy (non-hydrogen) atoms. The Bertz CT molecular complexity index is 1210. The van der Waals surface area contributed by atoms with Crippen molar-refractivity contribution in [1.82, 2.24) is 39.8 Å². The van der Waals surface area contributed by atoms with Crippen molar-refractivity contribution >= 4 is 11.7 Å². The molecule has 5 heterocycles. The first-order valence-electron chi connectivity index (χ1n) is 9.28. The molecule has 4 aromatic heterocycles. The molecule has 152 valence electrons. The van der Waals surface area contributed by atoms with Gasteiger partial charge < -0.3 is 14.6 Å². The Morgan fingerprint density at radius 1 is 1.33 bits per heavy atom. The van der Waals surface area contributed by atoms with E-state index in [0.29, 0.717) is 29.2 Å². The molecule has 4 aromatic rings. The lowest BCUT2D eigenvalue weighted by Crippen LogP contribution is -2.14. The van der Waals surface area contributed by atoms with E-state index in [-0.39, 0.29) is 11.4 Å². The van der Waals surface area contributed by atoms with Crippen LogP contribution in [0.2, 0.25) is 0 Å². The topological polar surface area (TPSA) is 139 Å². The van der Waals surface area contributed by atoms with Gasteiger partial charge in [0.1, 0.15) is 29.1 Å². The van der Waals surface area contributed by atoms with E-state index in [9.17, 15) is 4.79 Å². The molecule has 0 unspecified atom stereocenters. The number of anilines is 1. The van der Waals surface area contributed by atoms with Gasteiger partial charge in [-0.05, 0) is 30.6 Å². The molecule has 0 saturated heterocycles. The number of aromatic nitrogens is 8. The summed E-state index contributed by atoms with van der Waals surface area (Å²) in [6.07, 6.45) is 4.77. The molecule has 0 spiro atoms. The van der Waals surface area contributed by atoms with Crippen LogP contribution in [0, 0.1) is 0 Å². The molecule has 12 heteroatoms. The van der Waals surface area contributed by atoms with E-state index < -0.39 is 5.91 Å². The van der Waals surface area contributed by atoms with Gasteiger partial charge in [-0.2, -0.15) is 0 Å². The van der Waals surface area contributed by atoms with Crippen LogP contribution in [0.5, 0.6) is 5.88 Å². The average Bonchev–Trinajstić information content (AvgIpc) is 3.53. The van der Waals surface area contributed by atoms with Gasteiger partial charge in [-0.1, -0.05) is 11.2 Å². The first-order valence-corrected chi connectivity index (χ1v) is 9.28. The van der Waals surface area contributed by atoms with Crippen LogP contribution >= 0.6 is 0 Å². The van der Waals surface area contributed by atoms with Crippen molar-refractivity contribution < 1.29 is 14.2 Å². The van der Waals surface area contributed by atoms with E-state index in [4.69, 9.17) is 4.74 Å². The molecular weight excluding hydrogens is 390 g/mol. The third-order valence-electron chi connectivity index (χ3n) is 4.92. The van der Waals surface area contributed by atoms with E-state index in [1.54, 1.807) is 12.1 Å². The number of hydrogen-bond donors (Lipinski definition) is 1. The Balaban J connectivity index is 1.42. The lowest BCUT2D eigenvalue weighted by molar-refractivity contribution is 0.102. The zero-order valence-electron chi connectivity index (χ0n) is 16.2. The quantitative estimate of drug-likeness (QED) is 0.523. The lowest BCUT2D eigenvalue weighted by atomic mass is 10.2. The fourth-order valence-electron chi connectivity index (χ4n) is 3.45. The summed E-state index contributed by atoms with van der Waals surface area (Å²) in [5.41, 5.74) is 0.848. The molecule has 5 rings (SSSR count). The Hall–Kier alpha value is -4.09. The van der Waals surface area contributed by atoms with Crippen molar-refractivity contribution in [1.29, 1.82) is 0 Å². The Kier molecular flexibility index (Phi) is 4.23. The monoisotopic (exact) mass is 407 g/mol. The van der Waals surface area contributed by atoms with Crippen molar-refractivity contribution in [3.8, 4) is 23.2 Å². The lowest BCUT2D eigenvalue weighted by Gasteiger charge is -2.10. The number of nitrogens with one attached hydrogen (secondary N) is 1. The third-order valence-corrected chi connectivity index (χ3v) is 4.92.